The fraction of sp³-hybridized carbons (Fsp3) is 0.600. The van der Waals surface area contributed by atoms with E-state index in [4.69, 9.17) is 0 Å². The van der Waals surface area contributed by atoms with Gasteiger partial charge in [0, 0.05) is 18.7 Å². The summed E-state index contributed by atoms with van der Waals surface area (Å²) in [7, 11) is 0. The quantitative estimate of drug-likeness (QED) is 0.676. The van der Waals surface area contributed by atoms with Gasteiger partial charge in [-0.25, -0.2) is 0 Å². The van der Waals surface area contributed by atoms with Crippen molar-refractivity contribution >= 4 is 5.69 Å². The van der Waals surface area contributed by atoms with E-state index in [1.165, 1.54) is 25.0 Å². The minimum absolute atomic E-state index is 0.442. The van der Waals surface area contributed by atoms with Gasteiger partial charge < -0.3 is 5.32 Å². The molecule has 1 aliphatic carbocycles. The lowest BCUT2D eigenvalue weighted by Gasteiger charge is -2.34. The molecular formula is C15H21FN2O2. The zero-order chi connectivity index (χ0) is 14.7. The second-order valence-electron chi connectivity index (χ2n) is 5.80. The summed E-state index contributed by atoms with van der Waals surface area (Å²) in [6.07, 6.45) is 3.63. The predicted molar refractivity (Wildman–Crippen MR) is 75.9 cm³/mol. The van der Waals surface area contributed by atoms with Crippen LogP contribution in [0.1, 0.15) is 38.7 Å². The van der Waals surface area contributed by atoms with Crippen LogP contribution in [-0.2, 0) is 6.54 Å². The first-order valence-corrected chi connectivity index (χ1v) is 7.15. The molecule has 0 aromatic heterocycles. The highest BCUT2D eigenvalue weighted by atomic mass is 19.1. The summed E-state index contributed by atoms with van der Waals surface area (Å²) in [5.74, 6) is 0.542. The van der Waals surface area contributed by atoms with E-state index in [1.807, 2.05) is 0 Å². The normalized spacial score (nSPS) is 26.4. The van der Waals surface area contributed by atoms with Crippen LogP contribution in [0.5, 0.6) is 0 Å². The third kappa shape index (κ3) is 3.33. The second-order valence-corrected chi connectivity index (χ2v) is 5.80. The molecule has 0 amide bonds. The zero-order valence-electron chi connectivity index (χ0n) is 11.9. The molecule has 5 heteroatoms. The van der Waals surface area contributed by atoms with Gasteiger partial charge in [-0.2, -0.15) is 4.39 Å². The van der Waals surface area contributed by atoms with Crippen LogP contribution < -0.4 is 5.32 Å². The molecule has 1 fully saturated rings. The lowest BCUT2D eigenvalue weighted by molar-refractivity contribution is -0.387. The van der Waals surface area contributed by atoms with Crippen LogP contribution in [0, 0.1) is 27.8 Å². The maximum Gasteiger partial charge on any atom is 0.304 e. The summed E-state index contributed by atoms with van der Waals surface area (Å²) >= 11 is 0. The summed E-state index contributed by atoms with van der Waals surface area (Å²) < 4.78 is 13.5. The van der Waals surface area contributed by atoms with Crippen molar-refractivity contribution in [2.45, 2.75) is 45.7 Å². The molecule has 0 bridgehead atoms. The number of nitrogens with zero attached hydrogens (tertiary/aromatic N) is 1. The highest BCUT2D eigenvalue weighted by Crippen LogP contribution is 2.29. The van der Waals surface area contributed by atoms with Crippen molar-refractivity contribution in [1.82, 2.24) is 5.32 Å². The minimum Gasteiger partial charge on any atom is -0.310 e. The number of nitrogens with one attached hydrogen (secondary N) is 1. The molecule has 1 saturated carbocycles. The van der Waals surface area contributed by atoms with Gasteiger partial charge in [0.05, 0.1) is 4.92 Å². The van der Waals surface area contributed by atoms with E-state index >= 15 is 0 Å². The maximum absolute atomic E-state index is 13.5. The first-order chi connectivity index (χ1) is 9.49. The Morgan fingerprint density at radius 3 is 2.80 bits per heavy atom. The van der Waals surface area contributed by atoms with Crippen molar-refractivity contribution in [2.24, 2.45) is 11.8 Å². The molecule has 20 heavy (non-hydrogen) atoms. The largest absolute Gasteiger partial charge is 0.310 e. The van der Waals surface area contributed by atoms with E-state index in [0.29, 0.717) is 24.4 Å². The molecular weight excluding hydrogens is 259 g/mol. The fourth-order valence-corrected chi connectivity index (χ4v) is 2.93. The van der Waals surface area contributed by atoms with Gasteiger partial charge in [0.1, 0.15) is 0 Å². The van der Waals surface area contributed by atoms with Crippen LogP contribution >= 0.6 is 0 Å². The number of rotatable bonds is 4. The van der Waals surface area contributed by atoms with E-state index < -0.39 is 16.4 Å². The molecule has 110 valence electrons. The number of nitro groups is 1. The third-order valence-electron chi connectivity index (χ3n) is 4.48. The van der Waals surface area contributed by atoms with Crippen LogP contribution in [0.25, 0.3) is 0 Å². The van der Waals surface area contributed by atoms with E-state index in [9.17, 15) is 14.5 Å². The first-order valence-electron chi connectivity index (χ1n) is 7.15. The third-order valence-corrected chi connectivity index (χ3v) is 4.48. The molecule has 2 rings (SSSR count). The monoisotopic (exact) mass is 280 g/mol. The van der Waals surface area contributed by atoms with Crippen molar-refractivity contribution in [3.63, 3.8) is 0 Å². The van der Waals surface area contributed by atoms with Gasteiger partial charge in [-0.3, -0.25) is 10.1 Å². The topological polar surface area (TPSA) is 55.2 Å². The van der Waals surface area contributed by atoms with Crippen LogP contribution in [0.15, 0.2) is 18.2 Å². The van der Waals surface area contributed by atoms with Crippen LogP contribution in [0.3, 0.4) is 0 Å². The summed E-state index contributed by atoms with van der Waals surface area (Å²) in [6, 6.07) is 4.55. The van der Waals surface area contributed by atoms with Gasteiger partial charge in [0.2, 0.25) is 5.82 Å². The highest BCUT2D eigenvalue weighted by Gasteiger charge is 2.26. The average Bonchev–Trinajstić information content (AvgIpc) is 2.40. The van der Waals surface area contributed by atoms with Crippen LogP contribution in [-0.4, -0.2) is 11.0 Å². The molecule has 0 radical (unpaired) electrons. The maximum atomic E-state index is 13.5. The summed E-state index contributed by atoms with van der Waals surface area (Å²) in [5, 5.41) is 14.0. The Morgan fingerprint density at radius 2 is 2.15 bits per heavy atom. The Bertz CT molecular complexity index is 493. The van der Waals surface area contributed by atoms with Gasteiger partial charge in [-0.05, 0) is 29.9 Å². The van der Waals surface area contributed by atoms with E-state index in [1.54, 1.807) is 6.07 Å². The van der Waals surface area contributed by atoms with Crippen LogP contribution in [0.4, 0.5) is 10.1 Å². The molecule has 1 aromatic rings. The fourth-order valence-electron chi connectivity index (χ4n) is 2.93. The summed E-state index contributed by atoms with van der Waals surface area (Å²) in [6.45, 7) is 5.07. The SMILES string of the molecule is CC1CCCC(NCc2ccc([N+](=O)[O-])c(F)c2)C1C. The van der Waals surface area contributed by atoms with Gasteiger partial charge in [0.15, 0.2) is 0 Å². The number of hydrogen-bond donors (Lipinski definition) is 1. The van der Waals surface area contributed by atoms with Crippen molar-refractivity contribution in [2.75, 3.05) is 0 Å². The number of hydrogen-bond acceptors (Lipinski definition) is 3. The lowest BCUT2D eigenvalue weighted by Crippen LogP contribution is -2.40. The van der Waals surface area contributed by atoms with E-state index in [2.05, 4.69) is 19.2 Å². The molecule has 1 N–H and O–H groups in total. The molecule has 3 atom stereocenters. The lowest BCUT2D eigenvalue weighted by atomic mass is 9.78. The number of nitro benzene ring substituents is 1. The Hall–Kier alpha value is -1.49. The molecule has 3 unspecified atom stereocenters. The molecule has 0 aliphatic heterocycles. The summed E-state index contributed by atoms with van der Waals surface area (Å²) in [5.41, 5.74) is 0.284. The minimum atomic E-state index is -0.764. The van der Waals surface area contributed by atoms with Gasteiger partial charge in [-0.15, -0.1) is 0 Å². The standard InChI is InChI=1S/C15H21FN2O2/c1-10-4-3-5-14(11(10)2)17-9-12-6-7-15(18(19)20)13(16)8-12/h6-8,10-11,14,17H,3-5,9H2,1-2H3. The Labute approximate surface area is 118 Å². The van der Waals surface area contributed by atoms with Gasteiger partial charge >= 0.3 is 5.69 Å². The summed E-state index contributed by atoms with van der Waals surface area (Å²) in [4.78, 5) is 9.87. The van der Waals surface area contributed by atoms with E-state index in [-0.39, 0.29) is 0 Å². The first kappa shape index (κ1) is 14.9. The smallest absolute Gasteiger partial charge is 0.304 e. The van der Waals surface area contributed by atoms with Gasteiger partial charge in [-0.1, -0.05) is 32.8 Å². The van der Waals surface area contributed by atoms with Crippen molar-refractivity contribution in [1.29, 1.82) is 0 Å². The number of benzene rings is 1. The molecule has 0 saturated heterocycles. The van der Waals surface area contributed by atoms with Crippen LogP contribution in [0.2, 0.25) is 0 Å². The molecule has 0 heterocycles. The highest BCUT2D eigenvalue weighted by molar-refractivity contribution is 5.34. The predicted octanol–water partition coefficient (Wildman–Crippen LogP) is 3.65. The second kappa shape index (κ2) is 6.31. The Balaban J connectivity index is 1.97. The molecule has 1 aliphatic rings. The van der Waals surface area contributed by atoms with E-state index in [0.717, 1.165) is 12.0 Å². The number of halogens is 1. The van der Waals surface area contributed by atoms with Gasteiger partial charge in [0.25, 0.3) is 0 Å². The zero-order valence-corrected chi connectivity index (χ0v) is 11.9. The average molecular weight is 280 g/mol. The Kier molecular flexibility index (Phi) is 4.70. The van der Waals surface area contributed by atoms with Crippen molar-refractivity contribution < 1.29 is 9.31 Å². The molecule has 1 aromatic carbocycles. The van der Waals surface area contributed by atoms with Crippen molar-refractivity contribution in [3.05, 3.63) is 39.7 Å². The molecule has 0 spiro atoms. The Morgan fingerprint density at radius 1 is 1.40 bits per heavy atom. The van der Waals surface area contributed by atoms with Crippen molar-refractivity contribution in [3.8, 4) is 0 Å². The molecule has 4 nitrogen and oxygen atoms in total.